The first kappa shape index (κ1) is 31.7. The summed E-state index contributed by atoms with van der Waals surface area (Å²) in [5, 5.41) is 6.49. The zero-order valence-electron chi connectivity index (χ0n) is 25.5. The Morgan fingerprint density at radius 3 is 2.64 bits per heavy atom. The van der Waals surface area contributed by atoms with Crippen LogP contribution in [0.2, 0.25) is 0 Å². The van der Waals surface area contributed by atoms with E-state index in [0.717, 1.165) is 39.1 Å². The maximum absolute atomic E-state index is 12.6. The number of allylic oxidation sites excluding steroid dienone is 4. The molecule has 2 aromatic rings. The van der Waals surface area contributed by atoms with E-state index in [2.05, 4.69) is 25.5 Å². The van der Waals surface area contributed by atoms with Crippen LogP contribution >= 0.6 is 11.6 Å². The number of ketones is 1. The van der Waals surface area contributed by atoms with Gasteiger partial charge in [0.05, 0.1) is 55.1 Å². The molecule has 44 heavy (non-hydrogen) atoms. The number of piperidine rings is 1. The first-order valence-corrected chi connectivity index (χ1v) is 15.4. The van der Waals surface area contributed by atoms with Gasteiger partial charge in [-0.25, -0.2) is 14.8 Å². The van der Waals surface area contributed by atoms with Gasteiger partial charge in [0.15, 0.2) is 11.5 Å². The van der Waals surface area contributed by atoms with Crippen molar-refractivity contribution in [1.29, 1.82) is 0 Å². The minimum Gasteiger partial charge on any atom is -0.493 e. The Morgan fingerprint density at radius 1 is 1.14 bits per heavy atom. The van der Waals surface area contributed by atoms with Gasteiger partial charge in [-0.2, -0.15) is 0 Å². The lowest BCUT2D eigenvalue weighted by molar-refractivity contribution is -0.142. The quantitative estimate of drug-likeness (QED) is 0.318. The van der Waals surface area contributed by atoms with Gasteiger partial charge in [-0.15, -0.1) is 0 Å². The number of rotatable bonds is 12. The zero-order valence-corrected chi connectivity index (χ0v) is 26.2. The second kappa shape index (κ2) is 14.4. The van der Waals surface area contributed by atoms with Crippen LogP contribution in [0.25, 0.3) is 10.9 Å². The molecule has 11 nitrogen and oxygen atoms in total. The van der Waals surface area contributed by atoms with E-state index >= 15 is 0 Å². The van der Waals surface area contributed by atoms with Crippen LogP contribution in [0, 0.1) is 5.41 Å². The Balaban J connectivity index is 1.16. The number of nitrogens with zero attached hydrogens (tertiary/aromatic N) is 3. The minimum absolute atomic E-state index is 0.00920. The number of aromatic nitrogens is 2. The number of Topliss-reactive ketones (excluding diaryl/α,β-unsaturated/α-hetero) is 1. The van der Waals surface area contributed by atoms with Crippen molar-refractivity contribution in [2.75, 3.05) is 46.6 Å². The summed E-state index contributed by atoms with van der Waals surface area (Å²) >= 11 is 6.49. The largest absolute Gasteiger partial charge is 0.493 e. The van der Waals surface area contributed by atoms with E-state index in [1.165, 1.54) is 6.33 Å². The molecule has 2 amide bonds. The number of likely N-dealkylation sites (tertiary alicyclic amines) is 1. The first-order valence-electron chi connectivity index (χ1n) is 15.0. The van der Waals surface area contributed by atoms with Gasteiger partial charge in [0.2, 0.25) is 5.88 Å². The van der Waals surface area contributed by atoms with Crippen LogP contribution < -0.4 is 24.8 Å². The van der Waals surface area contributed by atoms with Crippen molar-refractivity contribution in [2.24, 2.45) is 5.41 Å². The predicted octanol–water partition coefficient (Wildman–Crippen LogP) is 4.86. The number of benzene rings is 1. The number of halogens is 1. The molecule has 3 heterocycles. The van der Waals surface area contributed by atoms with Crippen LogP contribution in [0.1, 0.15) is 46.0 Å². The van der Waals surface area contributed by atoms with Crippen molar-refractivity contribution in [3.05, 3.63) is 53.2 Å². The molecule has 236 valence electrons. The smallest absolute Gasteiger partial charge is 0.319 e. The van der Waals surface area contributed by atoms with Gasteiger partial charge in [0.1, 0.15) is 17.9 Å². The van der Waals surface area contributed by atoms with E-state index in [0.29, 0.717) is 82.6 Å². The maximum atomic E-state index is 12.6. The molecule has 1 aromatic carbocycles. The second-order valence-electron chi connectivity index (χ2n) is 11.8. The number of methoxy groups -OCH3 is 1. The highest BCUT2D eigenvalue weighted by molar-refractivity contribution is 6.32. The van der Waals surface area contributed by atoms with Crippen molar-refractivity contribution in [3.63, 3.8) is 0 Å². The molecule has 0 bridgehead atoms. The average Bonchev–Trinajstić information content (AvgIpc) is 3.14. The molecule has 0 atom stereocenters. The number of urea groups is 1. The summed E-state index contributed by atoms with van der Waals surface area (Å²) in [5.41, 5.74) is 1.46. The highest BCUT2D eigenvalue weighted by Crippen LogP contribution is 2.38. The molecule has 3 aliphatic rings. The molecular formula is C32H40ClN5O6. The number of hydrogen-bond acceptors (Lipinski definition) is 9. The topological polar surface area (TPSA) is 124 Å². The van der Waals surface area contributed by atoms with Crippen LogP contribution in [0.5, 0.6) is 17.4 Å². The number of hydrogen-bond donors (Lipinski definition) is 2. The Labute approximate surface area is 262 Å². The zero-order chi connectivity index (χ0) is 31.1. The van der Waals surface area contributed by atoms with Crippen molar-refractivity contribution < 1.29 is 28.5 Å². The number of carbonyl (C=O) groups excluding carboxylic acids is 2. The molecule has 2 saturated heterocycles. The van der Waals surface area contributed by atoms with Crippen LogP contribution in [0.15, 0.2) is 53.2 Å². The van der Waals surface area contributed by atoms with Gasteiger partial charge in [0.25, 0.3) is 0 Å². The number of nitrogens with one attached hydrogen (secondary N) is 2. The standard InChI is InChI=1S/C32H40ClN5O6/c1-21(2)36-31(40)37-26-8-4-7-23(14-25(26)33)44-30-24-15-28(41-3)29(16-27(24)34-20-35-30)43-13-5-6-22(39)17-38-11-9-32(10-12-38)18-42-19-32/h7-8,14-16,20-21H,4-6,9-13,17-19H2,1-3H3,(H2,36,37,40). The van der Waals surface area contributed by atoms with Crippen LogP contribution in [0.4, 0.5) is 4.79 Å². The number of ether oxygens (including phenoxy) is 4. The van der Waals surface area contributed by atoms with E-state index < -0.39 is 0 Å². The Kier molecular flexibility index (Phi) is 10.4. The van der Waals surface area contributed by atoms with Gasteiger partial charge in [-0.05, 0) is 64.8 Å². The van der Waals surface area contributed by atoms with E-state index in [9.17, 15) is 9.59 Å². The third kappa shape index (κ3) is 8.08. The summed E-state index contributed by atoms with van der Waals surface area (Å²) in [6.45, 7) is 8.27. The minimum atomic E-state index is -0.337. The highest BCUT2D eigenvalue weighted by Gasteiger charge is 2.41. The van der Waals surface area contributed by atoms with Gasteiger partial charge in [-0.1, -0.05) is 17.7 Å². The van der Waals surface area contributed by atoms with Crippen LogP contribution in [-0.4, -0.2) is 79.3 Å². The van der Waals surface area contributed by atoms with Crippen molar-refractivity contribution >= 4 is 34.3 Å². The molecule has 1 spiro atoms. The van der Waals surface area contributed by atoms with E-state index in [-0.39, 0.29) is 17.9 Å². The normalized spacial score (nSPS) is 18.1. The molecule has 2 N–H and O–H groups in total. The van der Waals surface area contributed by atoms with E-state index in [1.807, 2.05) is 19.9 Å². The summed E-state index contributed by atoms with van der Waals surface area (Å²) in [6.07, 6.45) is 10.5. The van der Waals surface area contributed by atoms with Crippen molar-refractivity contribution in [1.82, 2.24) is 25.5 Å². The lowest BCUT2D eigenvalue weighted by atomic mass is 9.77. The molecule has 1 aliphatic carbocycles. The maximum Gasteiger partial charge on any atom is 0.319 e. The Bertz CT molecular complexity index is 1460. The lowest BCUT2D eigenvalue weighted by Gasteiger charge is -2.47. The molecule has 12 heteroatoms. The molecule has 5 rings (SSSR count). The molecule has 0 radical (unpaired) electrons. The second-order valence-corrected chi connectivity index (χ2v) is 12.2. The number of amides is 2. The molecular weight excluding hydrogens is 586 g/mol. The summed E-state index contributed by atoms with van der Waals surface area (Å²) < 4.78 is 23.1. The fraction of sp³-hybridized carbons (Fsp3) is 0.500. The van der Waals surface area contributed by atoms with Gasteiger partial charge in [-0.3, -0.25) is 9.69 Å². The number of carbonyl (C=O) groups is 2. The lowest BCUT2D eigenvalue weighted by Crippen LogP contribution is -2.51. The molecule has 2 aliphatic heterocycles. The third-order valence-electron chi connectivity index (χ3n) is 7.92. The highest BCUT2D eigenvalue weighted by atomic mass is 35.5. The van der Waals surface area contributed by atoms with Gasteiger partial charge in [0, 0.05) is 30.0 Å². The number of fused-ring (bicyclic) bond motifs is 1. The van der Waals surface area contributed by atoms with Crippen LogP contribution in [0.3, 0.4) is 0 Å². The molecule has 1 aromatic heterocycles. The van der Waals surface area contributed by atoms with Crippen molar-refractivity contribution in [2.45, 2.75) is 52.0 Å². The first-order chi connectivity index (χ1) is 21.2. The monoisotopic (exact) mass is 625 g/mol. The SMILES string of the molecule is COc1cc2c(OC3=CCC=C(NC(=O)NC(C)C)C(Cl)=C3)ncnc2cc1OCCCC(=O)CN1CCC2(CC1)COC2. The van der Waals surface area contributed by atoms with E-state index in [4.69, 9.17) is 30.5 Å². The Morgan fingerprint density at radius 2 is 1.93 bits per heavy atom. The summed E-state index contributed by atoms with van der Waals surface area (Å²) in [5.74, 6) is 2.04. The fourth-order valence-electron chi connectivity index (χ4n) is 5.40. The van der Waals surface area contributed by atoms with Gasteiger partial charge < -0.3 is 29.6 Å². The summed E-state index contributed by atoms with van der Waals surface area (Å²) in [6, 6.07) is 3.20. The Hall–Kier alpha value is -3.67. The molecule has 0 unspecified atom stereocenters. The predicted molar refractivity (Wildman–Crippen MR) is 167 cm³/mol. The van der Waals surface area contributed by atoms with Crippen LogP contribution in [-0.2, 0) is 9.53 Å². The van der Waals surface area contributed by atoms with E-state index in [1.54, 1.807) is 31.4 Å². The average molecular weight is 626 g/mol. The van der Waals surface area contributed by atoms with Crippen molar-refractivity contribution in [3.8, 4) is 17.4 Å². The summed E-state index contributed by atoms with van der Waals surface area (Å²) in [4.78, 5) is 35.7. The fourth-order valence-corrected chi connectivity index (χ4v) is 5.64. The molecule has 0 saturated carbocycles. The van der Waals surface area contributed by atoms with Gasteiger partial charge >= 0.3 is 6.03 Å². The third-order valence-corrected chi connectivity index (χ3v) is 8.24. The molecule has 2 fully saturated rings. The summed E-state index contributed by atoms with van der Waals surface area (Å²) in [7, 11) is 1.56.